The highest BCUT2D eigenvalue weighted by atomic mass is 19.1. The van der Waals surface area contributed by atoms with Crippen LogP contribution in [0.5, 0.6) is 0 Å². The van der Waals surface area contributed by atoms with E-state index in [1.54, 1.807) is 10.9 Å². The summed E-state index contributed by atoms with van der Waals surface area (Å²) in [6.07, 6.45) is 6.96. The minimum absolute atomic E-state index is 0.0440. The molecule has 2 heterocycles. The lowest BCUT2D eigenvalue weighted by Crippen LogP contribution is -2.53. The number of nitrogens with zero attached hydrogens (tertiary/aromatic N) is 2. The van der Waals surface area contributed by atoms with Crippen LogP contribution >= 0.6 is 0 Å². The lowest BCUT2D eigenvalue weighted by atomic mass is 9.63. The van der Waals surface area contributed by atoms with E-state index in [1.165, 1.54) is 12.1 Å². The fourth-order valence-corrected chi connectivity index (χ4v) is 4.12. The molecule has 27 heavy (non-hydrogen) atoms. The van der Waals surface area contributed by atoms with Gasteiger partial charge < -0.3 is 10.1 Å². The lowest BCUT2D eigenvalue weighted by molar-refractivity contribution is -0.132. The average molecular weight is 375 g/mol. The molecule has 2 atom stereocenters. The number of benzene rings is 1. The van der Waals surface area contributed by atoms with Crippen LogP contribution in [0.3, 0.4) is 0 Å². The number of aromatic nitrogens is 2. The summed E-state index contributed by atoms with van der Waals surface area (Å²) < 4.78 is 35.2. The zero-order valence-corrected chi connectivity index (χ0v) is 15.3. The van der Waals surface area contributed by atoms with Crippen LogP contribution in [0.4, 0.5) is 8.78 Å². The van der Waals surface area contributed by atoms with Gasteiger partial charge >= 0.3 is 0 Å². The highest BCUT2D eigenvalue weighted by Gasteiger charge is 2.48. The molecule has 0 spiro atoms. The van der Waals surface area contributed by atoms with Crippen molar-refractivity contribution in [2.45, 2.75) is 49.7 Å². The van der Waals surface area contributed by atoms with Gasteiger partial charge in [0.2, 0.25) is 5.91 Å². The first-order chi connectivity index (χ1) is 13.0. The van der Waals surface area contributed by atoms with Gasteiger partial charge in [0.25, 0.3) is 0 Å². The minimum atomic E-state index is -0.889. The maximum atomic E-state index is 14.3. The number of ether oxygens (including phenoxy) is 1. The average Bonchev–Trinajstić information content (AvgIpc) is 3.02. The summed E-state index contributed by atoms with van der Waals surface area (Å²) in [6.45, 7) is 0.544. The second-order valence-electron chi connectivity index (χ2n) is 7.56. The number of carbonyl (C=O) groups excluding carboxylic acids is 1. The van der Waals surface area contributed by atoms with E-state index >= 15 is 0 Å². The van der Waals surface area contributed by atoms with Gasteiger partial charge in [0, 0.05) is 43.1 Å². The highest BCUT2D eigenvalue weighted by Crippen LogP contribution is 2.45. The van der Waals surface area contributed by atoms with E-state index in [9.17, 15) is 13.6 Å². The van der Waals surface area contributed by atoms with E-state index in [0.717, 1.165) is 18.1 Å². The van der Waals surface area contributed by atoms with Crippen molar-refractivity contribution in [3.05, 3.63) is 53.4 Å². The summed E-state index contributed by atoms with van der Waals surface area (Å²) in [4.78, 5) is 13.1. The molecule has 2 fully saturated rings. The molecule has 1 saturated heterocycles. The second kappa shape index (κ2) is 7.03. The van der Waals surface area contributed by atoms with Crippen LogP contribution in [-0.2, 0) is 22.0 Å². The van der Waals surface area contributed by atoms with Gasteiger partial charge in [-0.25, -0.2) is 8.78 Å². The lowest BCUT2D eigenvalue weighted by Gasteiger charge is -2.42. The first-order valence-corrected chi connectivity index (χ1v) is 9.34. The van der Waals surface area contributed by atoms with E-state index in [2.05, 4.69) is 10.4 Å². The van der Waals surface area contributed by atoms with Crippen molar-refractivity contribution >= 4 is 5.91 Å². The number of hydrogen-bond acceptors (Lipinski definition) is 3. The second-order valence-corrected chi connectivity index (χ2v) is 7.56. The molecular formula is C20H23F2N3O2. The van der Waals surface area contributed by atoms with Crippen molar-refractivity contribution < 1.29 is 18.3 Å². The third-order valence-corrected chi connectivity index (χ3v) is 5.80. The molecule has 5 nitrogen and oxygen atoms in total. The number of halogens is 2. The molecule has 1 aromatic heterocycles. The summed E-state index contributed by atoms with van der Waals surface area (Å²) in [6, 6.07) is 3.44. The molecule has 144 valence electrons. The predicted octanol–water partition coefficient (Wildman–Crippen LogP) is 3.16. The molecule has 1 amide bonds. The van der Waals surface area contributed by atoms with Gasteiger partial charge in [0.05, 0.1) is 17.7 Å². The molecule has 0 radical (unpaired) electrons. The van der Waals surface area contributed by atoms with E-state index < -0.39 is 17.0 Å². The molecule has 2 unspecified atom stereocenters. The number of aryl methyl sites for hydroxylation is 1. The van der Waals surface area contributed by atoms with Gasteiger partial charge in [0.1, 0.15) is 11.6 Å². The summed E-state index contributed by atoms with van der Waals surface area (Å²) in [7, 11) is 1.85. The monoisotopic (exact) mass is 375 g/mol. The summed E-state index contributed by atoms with van der Waals surface area (Å²) in [5.74, 6) is -1.45. The molecule has 7 heteroatoms. The fourth-order valence-electron chi connectivity index (χ4n) is 4.12. The number of hydrogen-bond donors (Lipinski definition) is 1. The Kier molecular flexibility index (Phi) is 4.72. The van der Waals surface area contributed by atoms with E-state index in [0.29, 0.717) is 37.9 Å². The van der Waals surface area contributed by atoms with Crippen molar-refractivity contribution in [3.63, 3.8) is 0 Å². The normalized spacial score (nSPS) is 24.3. The molecule has 1 N–H and O–H groups in total. The van der Waals surface area contributed by atoms with Crippen LogP contribution in [-0.4, -0.2) is 28.3 Å². The van der Waals surface area contributed by atoms with Gasteiger partial charge in [-0.05, 0) is 31.7 Å². The third kappa shape index (κ3) is 3.36. The maximum absolute atomic E-state index is 14.3. The SMILES string of the molecule is Cn1cc(C2CC(NC(=O)C3(c4ccc(F)cc4F)CCC3)CCO2)cn1. The van der Waals surface area contributed by atoms with E-state index in [4.69, 9.17) is 4.74 Å². The Morgan fingerprint density at radius 3 is 2.81 bits per heavy atom. The van der Waals surface area contributed by atoms with Gasteiger partial charge in [-0.15, -0.1) is 0 Å². The molecule has 2 aromatic rings. The molecule has 0 bridgehead atoms. The van der Waals surface area contributed by atoms with E-state index in [-0.39, 0.29) is 18.1 Å². The van der Waals surface area contributed by atoms with Gasteiger partial charge in [-0.2, -0.15) is 5.10 Å². The fraction of sp³-hybridized carbons (Fsp3) is 0.500. The highest BCUT2D eigenvalue weighted by molar-refractivity contribution is 5.89. The van der Waals surface area contributed by atoms with Crippen molar-refractivity contribution in [2.75, 3.05) is 6.61 Å². The van der Waals surface area contributed by atoms with Crippen molar-refractivity contribution in [1.82, 2.24) is 15.1 Å². The van der Waals surface area contributed by atoms with Crippen LogP contribution in [0.15, 0.2) is 30.6 Å². The zero-order chi connectivity index (χ0) is 19.0. The Bertz CT molecular complexity index is 848. The van der Waals surface area contributed by atoms with Gasteiger partial charge in [-0.3, -0.25) is 9.48 Å². The first-order valence-electron chi connectivity index (χ1n) is 9.34. The Hall–Kier alpha value is -2.28. The minimum Gasteiger partial charge on any atom is -0.373 e. The summed E-state index contributed by atoms with van der Waals surface area (Å²) >= 11 is 0. The summed E-state index contributed by atoms with van der Waals surface area (Å²) in [5, 5.41) is 7.27. The molecule has 1 aliphatic carbocycles. The molecule has 1 aliphatic heterocycles. The predicted molar refractivity (Wildman–Crippen MR) is 95.0 cm³/mol. The number of amides is 1. The van der Waals surface area contributed by atoms with Crippen molar-refractivity contribution in [1.29, 1.82) is 0 Å². The van der Waals surface area contributed by atoms with Gasteiger partial charge in [-0.1, -0.05) is 12.5 Å². The standard InChI is InChI=1S/C20H23F2N3O2/c1-25-12-13(11-23-25)18-10-15(5-8-27-18)24-19(26)20(6-2-7-20)16-4-3-14(21)9-17(16)22/h3-4,9,11-12,15,18H,2,5-8,10H2,1H3,(H,24,26). The Morgan fingerprint density at radius 1 is 1.37 bits per heavy atom. The Labute approximate surface area is 156 Å². The number of nitrogens with one attached hydrogen (secondary N) is 1. The quantitative estimate of drug-likeness (QED) is 0.893. The molecule has 2 aliphatic rings. The van der Waals surface area contributed by atoms with Crippen LogP contribution in [0, 0.1) is 11.6 Å². The molecule has 1 aromatic carbocycles. The first kappa shape index (κ1) is 18.1. The van der Waals surface area contributed by atoms with Crippen molar-refractivity contribution in [2.24, 2.45) is 7.05 Å². The smallest absolute Gasteiger partial charge is 0.230 e. The molecule has 4 rings (SSSR count). The largest absolute Gasteiger partial charge is 0.373 e. The topological polar surface area (TPSA) is 56.2 Å². The van der Waals surface area contributed by atoms with E-state index in [1.807, 2.05) is 13.2 Å². The number of carbonyl (C=O) groups is 1. The van der Waals surface area contributed by atoms with Crippen LogP contribution in [0.1, 0.15) is 49.3 Å². The Morgan fingerprint density at radius 2 is 2.19 bits per heavy atom. The maximum Gasteiger partial charge on any atom is 0.230 e. The van der Waals surface area contributed by atoms with Gasteiger partial charge in [0.15, 0.2) is 0 Å². The molecular weight excluding hydrogens is 352 g/mol. The Balaban J connectivity index is 1.49. The zero-order valence-electron chi connectivity index (χ0n) is 15.3. The van der Waals surface area contributed by atoms with Crippen LogP contribution in [0.25, 0.3) is 0 Å². The summed E-state index contributed by atoms with van der Waals surface area (Å²) in [5.41, 5.74) is 0.391. The van der Waals surface area contributed by atoms with Crippen LogP contribution in [0.2, 0.25) is 0 Å². The molecule has 1 saturated carbocycles. The van der Waals surface area contributed by atoms with Crippen LogP contribution < -0.4 is 5.32 Å². The number of rotatable bonds is 4. The van der Waals surface area contributed by atoms with Crippen molar-refractivity contribution in [3.8, 4) is 0 Å². The third-order valence-electron chi connectivity index (χ3n) is 5.80.